The third-order valence-electron chi connectivity index (χ3n) is 3.63. The minimum absolute atomic E-state index is 0.119. The van der Waals surface area contributed by atoms with Crippen LogP contribution in [0.1, 0.15) is 19.3 Å². The Hall–Kier alpha value is -2.11. The van der Waals surface area contributed by atoms with Crippen molar-refractivity contribution >= 4 is 17.7 Å². The molecule has 0 radical (unpaired) electrons. The number of carboxylic acid groups (broad SMARTS) is 1. The van der Waals surface area contributed by atoms with Gasteiger partial charge in [-0.25, -0.2) is 9.18 Å². The molecule has 20 heavy (non-hydrogen) atoms. The summed E-state index contributed by atoms with van der Waals surface area (Å²) in [7, 11) is 1.59. The van der Waals surface area contributed by atoms with E-state index in [1.54, 1.807) is 7.05 Å². The second-order valence-electron chi connectivity index (χ2n) is 5.03. The summed E-state index contributed by atoms with van der Waals surface area (Å²) in [6, 6.07) is 5.18. The van der Waals surface area contributed by atoms with E-state index in [1.165, 1.54) is 29.2 Å². The molecule has 2 unspecified atom stereocenters. The molecule has 0 spiro atoms. The topological polar surface area (TPSA) is 69.6 Å². The first-order valence-corrected chi connectivity index (χ1v) is 6.50. The number of benzene rings is 1. The molecule has 1 aliphatic carbocycles. The van der Waals surface area contributed by atoms with E-state index < -0.39 is 5.97 Å². The first kappa shape index (κ1) is 14.3. The van der Waals surface area contributed by atoms with Crippen LogP contribution < -0.4 is 10.2 Å². The highest BCUT2D eigenvalue weighted by molar-refractivity contribution is 5.91. The Morgan fingerprint density at radius 1 is 1.30 bits per heavy atom. The van der Waals surface area contributed by atoms with Gasteiger partial charge in [-0.2, -0.15) is 0 Å². The zero-order valence-electron chi connectivity index (χ0n) is 11.2. The average molecular weight is 280 g/mol. The van der Waals surface area contributed by atoms with Crippen molar-refractivity contribution in [2.24, 2.45) is 5.92 Å². The molecule has 1 fully saturated rings. The normalized spacial score (nSPS) is 21.5. The van der Waals surface area contributed by atoms with Crippen molar-refractivity contribution in [3.63, 3.8) is 0 Å². The number of carboxylic acids is 1. The first-order chi connectivity index (χ1) is 9.47. The van der Waals surface area contributed by atoms with Crippen molar-refractivity contribution in [3.8, 4) is 0 Å². The molecule has 1 aromatic carbocycles. The van der Waals surface area contributed by atoms with Gasteiger partial charge in [-0.3, -0.25) is 9.69 Å². The van der Waals surface area contributed by atoms with E-state index in [4.69, 9.17) is 5.11 Å². The fourth-order valence-corrected chi connectivity index (χ4v) is 2.39. The van der Waals surface area contributed by atoms with Gasteiger partial charge in [0, 0.05) is 18.8 Å². The zero-order chi connectivity index (χ0) is 14.7. The van der Waals surface area contributed by atoms with Gasteiger partial charge in [0.05, 0.1) is 5.92 Å². The SMILES string of the molecule is CN(C(=O)NC1CCC(C(=O)O)C1)c1ccc(F)cc1. The minimum atomic E-state index is -0.811. The molecule has 1 aliphatic rings. The van der Waals surface area contributed by atoms with Gasteiger partial charge in [0.25, 0.3) is 0 Å². The van der Waals surface area contributed by atoms with Gasteiger partial charge < -0.3 is 10.4 Å². The molecule has 2 N–H and O–H groups in total. The summed E-state index contributed by atoms with van der Waals surface area (Å²) in [5, 5.41) is 11.7. The summed E-state index contributed by atoms with van der Waals surface area (Å²) in [6.07, 6.45) is 1.71. The van der Waals surface area contributed by atoms with Gasteiger partial charge in [-0.15, -0.1) is 0 Å². The quantitative estimate of drug-likeness (QED) is 0.892. The largest absolute Gasteiger partial charge is 0.481 e. The molecular formula is C14H17FN2O3. The standard InChI is InChI=1S/C14H17FN2O3/c1-17(12-6-3-10(15)4-7-12)14(20)16-11-5-2-9(8-11)13(18)19/h3-4,6-7,9,11H,2,5,8H2,1H3,(H,16,20)(H,18,19). The van der Waals surface area contributed by atoms with Gasteiger partial charge in [0.15, 0.2) is 0 Å². The van der Waals surface area contributed by atoms with Crippen molar-refractivity contribution in [2.45, 2.75) is 25.3 Å². The van der Waals surface area contributed by atoms with Crippen LogP contribution in [0, 0.1) is 11.7 Å². The van der Waals surface area contributed by atoms with E-state index in [0.717, 1.165) is 0 Å². The smallest absolute Gasteiger partial charge is 0.321 e. The number of urea groups is 1. The molecule has 2 atom stereocenters. The second-order valence-corrected chi connectivity index (χ2v) is 5.03. The lowest BCUT2D eigenvalue weighted by atomic mass is 10.1. The van der Waals surface area contributed by atoms with Crippen molar-refractivity contribution in [1.29, 1.82) is 0 Å². The molecule has 108 valence electrons. The number of halogens is 1. The number of carbonyl (C=O) groups is 2. The molecule has 1 aromatic rings. The number of hydrogen-bond acceptors (Lipinski definition) is 2. The van der Waals surface area contributed by atoms with Crippen LogP contribution in [0.2, 0.25) is 0 Å². The third kappa shape index (κ3) is 3.26. The summed E-state index contributed by atoms with van der Waals surface area (Å²) >= 11 is 0. The molecule has 0 aromatic heterocycles. The van der Waals surface area contributed by atoms with Crippen LogP contribution in [-0.4, -0.2) is 30.2 Å². The van der Waals surface area contributed by atoms with Crippen molar-refractivity contribution in [2.75, 3.05) is 11.9 Å². The van der Waals surface area contributed by atoms with E-state index in [-0.39, 0.29) is 23.8 Å². The summed E-state index contributed by atoms with van der Waals surface area (Å²) in [6.45, 7) is 0. The summed E-state index contributed by atoms with van der Waals surface area (Å²) in [5.41, 5.74) is 0.580. The molecule has 1 saturated carbocycles. The Kier molecular flexibility index (Phi) is 4.22. The van der Waals surface area contributed by atoms with Crippen LogP contribution in [0.4, 0.5) is 14.9 Å². The van der Waals surface area contributed by atoms with Crippen LogP contribution in [-0.2, 0) is 4.79 Å². The number of aliphatic carboxylic acids is 1. The number of nitrogens with one attached hydrogen (secondary N) is 1. The van der Waals surface area contributed by atoms with Crippen molar-refractivity contribution in [1.82, 2.24) is 5.32 Å². The van der Waals surface area contributed by atoms with Crippen molar-refractivity contribution in [3.05, 3.63) is 30.1 Å². The second kappa shape index (κ2) is 5.90. The first-order valence-electron chi connectivity index (χ1n) is 6.50. The van der Waals surface area contributed by atoms with E-state index in [2.05, 4.69) is 5.32 Å². The van der Waals surface area contributed by atoms with E-state index in [0.29, 0.717) is 24.9 Å². The Balaban J connectivity index is 1.92. The maximum Gasteiger partial charge on any atom is 0.321 e. The fourth-order valence-electron chi connectivity index (χ4n) is 2.39. The van der Waals surface area contributed by atoms with E-state index in [9.17, 15) is 14.0 Å². The van der Waals surface area contributed by atoms with E-state index in [1.807, 2.05) is 0 Å². The number of anilines is 1. The highest BCUT2D eigenvalue weighted by atomic mass is 19.1. The molecule has 0 aliphatic heterocycles. The monoisotopic (exact) mass is 280 g/mol. The number of rotatable bonds is 3. The minimum Gasteiger partial charge on any atom is -0.481 e. The molecular weight excluding hydrogens is 263 g/mol. The van der Waals surface area contributed by atoms with Crippen LogP contribution in [0.15, 0.2) is 24.3 Å². The Morgan fingerprint density at radius 3 is 2.50 bits per heavy atom. The van der Waals surface area contributed by atoms with Crippen molar-refractivity contribution < 1.29 is 19.1 Å². The molecule has 5 nitrogen and oxygen atoms in total. The van der Waals surface area contributed by atoms with Gasteiger partial charge >= 0.3 is 12.0 Å². The lowest BCUT2D eigenvalue weighted by Gasteiger charge is -2.21. The molecule has 2 rings (SSSR count). The Morgan fingerprint density at radius 2 is 1.95 bits per heavy atom. The van der Waals surface area contributed by atoms with Crippen LogP contribution in [0.5, 0.6) is 0 Å². The Labute approximate surface area is 116 Å². The summed E-state index contributed by atoms with van der Waals surface area (Å²) < 4.78 is 12.8. The molecule has 0 heterocycles. The number of carbonyl (C=O) groups excluding carboxylic acids is 1. The van der Waals surface area contributed by atoms with Gasteiger partial charge in [0.2, 0.25) is 0 Å². The Bertz CT molecular complexity index is 504. The predicted octanol–water partition coefficient (Wildman–Crippen LogP) is 2.22. The highest BCUT2D eigenvalue weighted by Crippen LogP contribution is 2.26. The maximum atomic E-state index is 12.8. The fraction of sp³-hybridized carbons (Fsp3) is 0.429. The molecule has 0 bridgehead atoms. The molecule has 0 saturated heterocycles. The van der Waals surface area contributed by atoms with Gasteiger partial charge in [-0.1, -0.05) is 0 Å². The van der Waals surface area contributed by atoms with Crippen LogP contribution >= 0.6 is 0 Å². The average Bonchev–Trinajstić information content (AvgIpc) is 2.87. The van der Waals surface area contributed by atoms with Gasteiger partial charge in [-0.05, 0) is 43.5 Å². The lowest BCUT2D eigenvalue weighted by molar-refractivity contribution is -0.141. The summed E-state index contributed by atoms with van der Waals surface area (Å²) in [5.74, 6) is -1.55. The van der Waals surface area contributed by atoms with E-state index >= 15 is 0 Å². The van der Waals surface area contributed by atoms with Crippen LogP contribution in [0.3, 0.4) is 0 Å². The molecule has 6 heteroatoms. The highest BCUT2D eigenvalue weighted by Gasteiger charge is 2.31. The summed E-state index contributed by atoms with van der Waals surface area (Å²) in [4.78, 5) is 24.3. The molecule has 2 amide bonds. The number of hydrogen-bond donors (Lipinski definition) is 2. The maximum absolute atomic E-state index is 12.8. The number of amides is 2. The predicted molar refractivity (Wildman–Crippen MR) is 72.1 cm³/mol. The third-order valence-corrected chi connectivity index (χ3v) is 3.63. The number of nitrogens with zero attached hydrogens (tertiary/aromatic N) is 1. The lowest BCUT2D eigenvalue weighted by Crippen LogP contribution is -2.42. The van der Waals surface area contributed by atoms with Crippen LogP contribution in [0.25, 0.3) is 0 Å². The zero-order valence-corrected chi connectivity index (χ0v) is 11.2. The van der Waals surface area contributed by atoms with Gasteiger partial charge in [0.1, 0.15) is 5.82 Å².